The van der Waals surface area contributed by atoms with Crippen LogP contribution in [0.5, 0.6) is 0 Å². The first-order valence-corrected chi connectivity index (χ1v) is 11.4. The van der Waals surface area contributed by atoms with E-state index in [1.807, 2.05) is 62.4 Å². The highest BCUT2D eigenvalue weighted by Crippen LogP contribution is 2.20. The number of amides is 2. The normalized spacial score (nSPS) is 11.8. The molecule has 1 heterocycles. The topological polar surface area (TPSA) is 85.1 Å². The lowest BCUT2D eigenvalue weighted by Gasteiger charge is -2.13. The number of rotatable bonds is 7. The molecule has 8 heteroatoms. The predicted octanol–water partition coefficient (Wildman–Crippen LogP) is 3.80. The summed E-state index contributed by atoms with van der Waals surface area (Å²) in [7, 11) is 1.77. The monoisotopic (exact) mass is 452 g/mol. The van der Waals surface area contributed by atoms with E-state index in [1.165, 1.54) is 16.4 Å². The molecule has 0 fully saturated rings. The second-order valence-electron chi connectivity index (χ2n) is 7.67. The van der Waals surface area contributed by atoms with Crippen molar-refractivity contribution in [3.05, 3.63) is 75.7 Å². The van der Waals surface area contributed by atoms with Gasteiger partial charge in [-0.15, -0.1) is 11.8 Å². The van der Waals surface area contributed by atoms with Crippen molar-refractivity contribution in [1.82, 2.24) is 9.36 Å². The van der Waals surface area contributed by atoms with E-state index in [-0.39, 0.29) is 28.8 Å². The first-order chi connectivity index (χ1) is 15.2. The Balaban J connectivity index is 1.64. The maximum atomic E-state index is 13.0. The van der Waals surface area contributed by atoms with Gasteiger partial charge in [-0.25, -0.2) is 4.68 Å². The van der Waals surface area contributed by atoms with Gasteiger partial charge in [0.05, 0.1) is 22.4 Å². The van der Waals surface area contributed by atoms with Crippen LogP contribution < -0.4 is 16.2 Å². The molecule has 1 atom stereocenters. The van der Waals surface area contributed by atoms with Gasteiger partial charge in [0.2, 0.25) is 11.8 Å². The molecule has 3 rings (SSSR count). The fraction of sp³-hybridized carbons (Fsp3) is 0.292. The molecular formula is C24H28N4O3S. The molecule has 0 aliphatic heterocycles. The predicted molar refractivity (Wildman–Crippen MR) is 131 cm³/mol. The highest BCUT2D eigenvalue weighted by molar-refractivity contribution is 8.01. The van der Waals surface area contributed by atoms with Crippen LogP contribution in [0.25, 0.3) is 5.69 Å². The molecule has 0 aliphatic carbocycles. The van der Waals surface area contributed by atoms with Crippen LogP contribution in [-0.4, -0.2) is 32.2 Å². The summed E-state index contributed by atoms with van der Waals surface area (Å²) in [4.78, 5) is 38.0. The Bertz CT molecular complexity index is 1200. The molecule has 0 saturated heterocycles. The molecule has 3 aromatic rings. The zero-order chi connectivity index (χ0) is 23.4. The van der Waals surface area contributed by atoms with E-state index in [1.54, 1.807) is 25.6 Å². The fourth-order valence-corrected chi connectivity index (χ4v) is 3.97. The van der Waals surface area contributed by atoms with Crippen molar-refractivity contribution >= 4 is 35.0 Å². The number of carbonyl (C=O) groups excluding carboxylic acids is 2. The summed E-state index contributed by atoms with van der Waals surface area (Å²) in [5.74, 6) is -0.365. The Morgan fingerprint density at radius 2 is 1.69 bits per heavy atom. The SMILES string of the molecule is Cc1cccc(NC(=O)CSC(C)C(=O)Nc2c(C)n(C)n(-c3ccccc3)c2=O)c1C. The number of carbonyl (C=O) groups is 2. The summed E-state index contributed by atoms with van der Waals surface area (Å²) in [6.45, 7) is 7.45. The zero-order valence-electron chi connectivity index (χ0n) is 18.9. The van der Waals surface area contributed by atoms with Crippen LogP contribution in [0, 0.1) is 20.8 Å². The van der Waals surface area contributed by atoms with Crippen LogP contribution in [0.1, 0.15) is 23.7 Å². The molecule has 1 aromatic heterocycles. The molecule has 32 heavy (non-hydrogen) atoms. The molecule has 0 spiro atoms. The Morgan fingerprint density at radius 3 is 2.38 bits per heavy atom. The van der Waals surface area contributed by atoms with Gasteiger partial charge in [-0.1, -0.05) is 30.3 Å². The van der Waals surface area contributed by atoms with E-state index in [0.717, 1.165) is 16.8 Å². The van der Waals surface area contributed by atoms with E-state index < -0.39 is 5.25 Å². The van der Waals surface area contributed by atoms with Gasteiger partial charge in [0.25, 0.3) is 5.56 Å². The van der Waals surface area contributed by atoms with Crippen molar-refractivity contribution in [2.45, 2.75) is 32.9 Å². The molecule has 1 unspecified atom stereocenters. The average Bonchev–Trinajstić information content (AvgIpc) is 2.98. The molecule has 2 amide bonds. The molecule has 0 saturated carbocycles. The standard InChI is InChI=1S/C24H28N4O3S/c1-15-10-9-13-20(16(15)2)25-21(29)14-32-18(4)23(30)26-22-17(3)27(5)28(24(22)31)19-11-7-6-8-12-19/h6-13,18H,14H2,1-5H3,(H,25,29)(H,26,30). The van der Waals surface area contributed by atoms with Crippen LogP contribution in [-0.2, 0) is 16.6 Å². The van der Waals surface area contributed by atoms with Gasteiger partial charge in [0.15, 0.2) is 0 Å². The van der Waals surface area contributed by atoms with Crippen LogP contribution in [0.4, 0.5) is 11.4 Å². The molecule has 0 bridgehead atoms. The third-order valence-electron chi connectivity index (χ3n) is 5.51. The van der Waals surface area contributed by atoms with E-state index >= 15 is 0 Å². The molecule has 7 nitrogen and oxygen atoms in total. The molecule has 0 radical (unpaired) electrons. The highest BCUT2D eigenvalue weighted by Gasteiger charge is 2.22. The quantitative estimate of drug-likeness (QED) is 0.571. The average molecular weight is 453 g/mol. The van der Waals surface area contributed by atoms with Crippen molar-refractivity contribution in [3.63, 3.8) is 0 Å². The van der Waals surface area contributed by atoms with Crippen molar-refractivity contribution < 1.29 is 9.59 Å². The number of thioether (sulfide) groups is 1. The Kier molecular flexibility index (Phi) is 7.25. The maximum Gasteiger partial charge on any atom is 0.295 e. The minimum absolute atomic E-state index is 0.129. The molecule has 2 N–H and O–H groups in total. The smallest absolute Gasteiger partial charge is 0.295 e. The Hall–Kier alpha value is -3.26. The van der Waals surface area contributed by atoms with Crippen molar-refractivity contribution in [2.75, 3.05) is 16.4 Å². The number of aromatic nitrogens is 2. The summed E-state index contributed by atoms with van der Waals surface area (Å²) in [6.07, 6.45) is 0. The van der Waals surface area contributed by atoms with Gasteiger partial charge in [-0.05, 0) is 57.0 Å². The minimum atomic E-state index is -0.511. The number of para-hydroxylation sites is 1. The first-order valence-electron chi connectivity index (χ1n) is 10.3. The van der Waals surface area contributed by atoms with E-state index in [0.29, 0.717) is 11.4 Å². The third-order valence-corrected chi connectivity index (χ3v) is 6.66. The summed E-state index contributed by atoms with van der Waals surface area (Å²) >= 11 is 1.22. The zero-order valence-corrected chi connectivity index (χ0v) is 19.7. The fourth-order valence-electron chi connectivity index (χ4n) is 3.29. The third kappa shape index (κ3) is 4.96. The van der Waals surface area contributed by atoms with E-state index in [2.05, 4.69) is 10.6 Å². The minimum Gasteiger partial charge on any atom is -0.325 e. The molecule has 0 aliphatic rings. The molecule has 2 aromatic carbocycles. The largest absolute Gasteiger partial charge is 0.325 e. The van der Waals surface area contributed by atoms with Gasteiger partial charge >= 0.3 is 0 Å². The number of hydrogen-bond acceptors (Lipinski definition) is 4. The van der Waals surface area contributed by atoms with Gasteiger partial charge in [0.1, 0.15) is 5.69 Å². The van der Waals surface area contributed by atoms with Gasteiger partial charge in [-0.2, -0.15) is 0 Å². The highest BCUT2D eigenvalue weighted by atomic mass is 32.2. The van der Waals surface area contributed by atoms with E-state index in [4.69, 9.17) is 0 Å². The molecule has 168 valence electrons. The number of hydrogen-bond donors (Lipinski definition) is 2. The van der Waals surface area contributed by atoms with Crippen LogP contribution in [0.3, 0.4) is 0 Å². The number of nitrogens with zero attached hydrogens (tertiary/aromatic N) is 2. The summed E-state index contributed by atoms with van der Waals surface area (Å²) < 4.78 is 3.23. The van der Waals surface area contributed by atoms with Crippen molar-refractivity contribution in [1.29, 1.82) is 0 Å². The second kappa shape index (κ2) is 9.91. The lowest BCUT2D eigenvalue weighted by atomic mass is 10.1. The summed E-state index contributed by atoms with van der Waals surface area (Å²) in [5, 5.41) is 5.14. The summed E-state index contributed by atoms with van der Waals surface area (Å²) in [5.41, 5.74) is 4.21. The van der Waals surface area contributed by atoms with Crippen LogP contribution in [0.2, 0.25) is 0 Å². The van der Waals surface area contributed by atoms with Crippen molar-refractivity contribution in [3.8, 4) is 5.69 Å². The first kappa shape index (κ1) is 23.4. The summed E-state index contributed by atoms with van der Waals surface area (Å²) in [6, 6.07) is 15.0. The van der Waals surface area contributed by atoms with E-state index in [9.17, 15) is 14.4 Å². The Morgan fingerprint density at radius 1 is 1.00 bits per heavy atom. The Labute approximate surface area is 191 Å². The number of nitrogens with one attached hydrogen (secondary N) is 2. The molecular weight excluding hydrogens is 424 g/mol. The number of aryl methyl sites for hydroxylation is 1. The number of anilines is 2. The number of benzene rings is 2. The lowest BCUT2D eigenvalue weighted by molar-refractivity contribution is -0.115. The van der Waals surface area contributed by atoms with Gasteiger partial charge in [-0.3, -0.25) is 19.1 Å². The van der Waals surface area contributed by atoms with Crippen molar-refractivity contribution in [2.24, 2.45) is 7.05 Å². The van der Waals surface area contributed by atoms with Crippen LogP contribution >= 0.6 is 11.8 Å². The van der Waals surface area contributed by atoms with Gasteiger partial charge in [0, 0.05) is 12.7 Å². The maximum absolute atomic E-state index is 13.0. The lowest BCUT2D eigenvalue weighted by Crippen LogP contribution is -2.28. The second-order valence-corrected chi connectivity index (χ2v) is 9.00. The van der Waals surface area contributed by atoms with Gasteiger partial charge < -0.3 is 10.6 Å². The van der Waals surface area contributed by atoms with Crippen LogP contribution in [0.15, 0.2) is 53.3 Å².